The van der Waals surface area contributed by atoms with Crippen LogP contribution in [0.3, 0.4) is 0 Å². The van der Waals surface area contributed by atoms with Gasteiger partial charge in [-0.2, -0.15) is 0 Å². The molecule has 20 heavy (non-hydrogen) atoms. The van der Waals surface area contributed by atoms with Gasteiger partial charge < -0.3 is 15.2 Å². The molecule has 2 rings (SSSR count). The highest BCUT2D eigenvalue weighted by molar-refractivity contribution is 5.91. The van der Waals surface area contributed by atoms with Crippen molar-refractivity contribution in [3.05, 3.63) is 11.8 Å². The standard InChI is InChI=1S/C14H24N4O2/c1-3-7-18(12-5-4-6-15-9-12)10-14(19)16-13-8-11(2)20-17-13/h8,12,15H,3-7,9-10H2,1-2H3,(H,16,17,19). The molecule has 1 aromatic rings. The molecule has 1 aromatic heterocycles. The van der Waals surface area contributed by atoms with Crippen LogP contribution in [0.25, 0.3) is 0 Å². The molecular formula is C14H24N4O2. The zero-order valence-corrected chi connectivity index (χ0v) is 12.3. The molecule has 2 N–H and O–H groups in total. The number of rotatable bonds is 6. The first-order valence-corrected chi connectivity index (χ1v) is 7.37. The van der Waals surface area contributed by atoms with E-state index in [0.717, 1.165) is 32.5 Å². The monoisotopic (exact) mass is 280 g/mol. The summed E-state index contributed by atoms with van der Waals surface area (Å²) in [6.45, 7) is 7.35. The molecule has 1 aliphatic heterocycles. The highest BCUT2D eigenvalue weighted by atomic mass is 16.5. The fraction of sp³-hybridized carbons (Fsp3) is 0.714. The van der Waals surface area contributed by atoms with Crippen LogP contribution < -0.4 is 10.6 Å². The van der Waals surface area contributed by atoms with E-state index in [-0.39, 0.29) is 5.91 Å². The van der Waals surface area contributed by atoms with E-state index in [2.05, 4.69) is 27.6 Å². The molecule has 0 saturated carbocycles. The Morgan fingerprint density at radius 1 is 1.65 bits per heavy atom. The maximum atomic E-state index is 12.1. The van der Waals surface area contributed by atoms with Crippen LogP contribution in [0.15, 0.2) is 10.6 Å². The van der Waals surface area contributed by atoms with Gasteiger partial charge in [0.1, 0.15) is 5.76 Å². The lowest BCUT2D eigenvalue weighted by Crippen LogP contribution is -2.48. The minimum atomic E-state index is -0.0303. The van der Waals surface area contributed by atoms with Crippen LogP contribution in [0.4, 0.5) is 5.82 Å². The number of aromatic nitrogens is 1. The molecule has 1 fully saturated rings. The number of carbonyl (C=O) groups excluding carboxylic acids is 1. The van der Waals surface area contributed by atoms with Crippen LogP contribution in [0.2, 0.25) is 0 Å². The summed E-state index contributed by atoms with van der Waals surface area (Å²) in [6, 6.07) is 2.18. The van der Waals surface area contributed by atoms with Crippen molar-refractivity contribution in [3.8, 4) is 0 Å². The Kier molecular flexibility index (Phi) is 5.55. The average molecular weight is 280 g/mol. The lowest BCUT2D eigenvalue weighted by molar-refractivity contribution is -0.118. The quantitative estimate of drug-likeness (QED) is 0.824. The predicted molar refractivity (Wildman–Crippen MR) is 77.6 cm³/mol. The Balaban J connectivity index is 1.87. The lowest BCUT2D eigenvalue weighted by atomic mass is 10.1. The molecule has 0 spiro atoms. The third kappa shape index (κ3) is 4.31. The Bertz CT molecular complexity index is 427. The second kappa shape index (κ2) is 7.40. The van der Waals surface area contributed by atoms with Crippen LogP contribution in [-0.2, 0) is 4.79 Å². The Morgan fingerprint density at radius 2 is 2.50 bits per heavy atom. The van der Waals surface area contributed by atoms with E-state index in [1.165, 1.54) is 6.42 Å². The van der Waals surface area contributed by atoms with E-state index in [4.69, 9.17) is 4.52 Å². The predicted octanol–water partition coefficient (Wildman–Crippen LogP) is 1.39. The van der Waals surface area contributed by atoms with E-state index in [1.54, 1.807) is 13.0 Å². The van der Waals surface area contributed by atoms with Gasteiger partial charge in [-0.25, -0.2) is 0 Å². The number of hydrogen-bond acceptors (Lipinski definition) is 5. The van der Waals surface area contributed by atoms with Crippen molar-refractivity contribution >= 4 is 11.7 Å². The van der Waals surface area contributed by atoms with Crippen molar-refractivity contribution in [2.24, 2.45) is 0 Å². The van der Waals surface area contributed by atoms with Gasteiger partial charge in [-0.15, -0.1) is 0 Å². The van der Waals surface area contributed by atoms with E-state index in [9.17, 15) is 4.79 Å². The van der Waals surface area contributed by atoms with Gasteiger partial charge in [-0.1, -0.05) is 12.1 Å². The summed E-state index contributed by atoms with van der Waals surface area (Å²) in [5, 5.41) is 9.97. The molecule has 1 amide bonds. The average Bonchev–Trinajstić information content (AvgIpc) is 2.84. The zero-order valence-electron chi connectivity index (χ0n) is 12.3. The molecule has 1 saturated heterocycles. The fourth-order valence-corrected chi connectivity index (χ4v) is 2.62. The number of hydrogen-bond donors (Lipinski definition) is 2. The number of piperidine rings is 1. The molecule has 0 aromatic carbocycles. The smallest absolute Gasteiger partial charge is 0.239 e. The summed E-state index contributed by atoms with van der Waals surface area (Å²) in [5.74, 6) is 1.16. The molecule has 1 unspecified atom stereocenters. The zero-order chi connectivity index (χ0) is 14.4. The summed E-state index contributed by atoms with van der Waals surface area (Å²) in [4.78, 5) is 14.4. The fourth-order valence-electron chi connectivity index (χ4n) is 2.62. The van der Waals surface area contributed by atoms with Crippen molar-refractivity contribution in [1.29, 1.82) is 0 Å². The minimum Gasteiger partial charge on any atom is -0.360 e. The largest absolute Gasteiger partial charge is 0.360 e. The minimum absolute atomic E-state index is 0.0303. The lowest BCUT2D eigenvalue weighted by Gasteiger charge is -2.33. The summed E-state index contributed by atoms with van der Waals surface area (Å²) in [7, 11) is 0. The highest BCUT2D eigenvalue weighted by Crippen LogP contribution is 2.12. The van der Waals surface area contributed by atoms with Crippen molar-refractivity contribution in [3.63, 3.8) is 0 Å². The van der Waals surface area contributed by atoms with Crippen molar-refractivity contribution in [1.82, 2.24) is 15.4 Å². The van der Waals surface area contributed by atoms with Gasteiger partial charge in [-0.3, -0.25) is 9.69 Å². The molecule has 112 valence electrons. The van der Waals surface area contributed by atoms with Crippen LogP contribution >= 0.6 is 0 Å². The van der Waals surface area contributed by atoms with Crippen molar-refractivity contribution in [2.75, 3.05) is 31.5 Å². The van der Waals surface area contributed by atoms with Gasteiger partial charge in [-0.05, 0) is 39.3 Å². The first-order chi connectivity index (χ1) is 9.69. The van der Waals surface area contributed by atoms with E-state index in [0.29, 0.717) is 24.2 Å². The van der Waals surface area contributed by atoms with Gasteiger partial charge in [0.15, 0.2) is 5.82 Å². The first kappa shape index (κ1) is 15.0. The van der Waals surface area contributed by atoms with Gasteiger partial charge >= 0.3 is 0 Å². The Morgan fingerprint density at radius 3 is 3.10 bits per heavy atom. The Labute approximate surface area is 119 Å². The summed E-state index contributed by atoms with van der Waals surface area (Å²) in [6.07, 6.45) is 3.38. The van der Waals surface area contributed by atoms with Gasteiger partial charge in [0.2, 0.25) is 5.91 Å². The third-order valence-electron chi connectivity index (χ3n) is 3.54. The Hall–Kier alpha value is -1.40. The maximum Gasteiger partial charge on any atom is 0.239 e. The topological polar surface area (TPSA) is 70.4 Å². The number of nitrogens with one attached hydrogen (secondary N) is 2. The van der Waals surface area contributed by atoms with E-state index in [1.807, 2.05) is 0 Å². The third-order valence-corrected chi connectivity index (χ3v) is 3.54. The number of nitrogens with zero attached hydrogens (tertiary/aromatic N) is 2. The number of aryl methyl sites for hydroxylation is 1. The van der Waals surface area contributed by atoms with Crippen molar-refractivity contribution in [2.45, 2.75) is 39.2 Å². The first-order valence-electron chi connectivity index (χ1n) is 7.37. The SMILES string of the molecule is CCCN(CC(=O)Nc1cc(C)on1)C1CCCNC1. The number of anilines is 1. The van der Waals surface area contributed by atoms with Gasteiger partial charge in [0.25, 0.3) is 0 Å². The number of carbonyl (C=O) groups is 1. The normalized spacial score (nSPS) is 19.2. The molecule has 0 bridgehead atoms. The molecule has 0 aliphatic carbocycles. The molecule has 1 aliphatic rings. The van der Waals surface area contributed by atoms with Gasteiger partial charge in [0, 0.05) is 18.7 Å². The molecule has 2 heterocycles. The van der Waals surface area contributed by atoms with Crippen molar-refractivity contribution < 1.29 is 9.32 Å². The summed E-state index contributed by atoms with van der Waals surface area (Å²) < 4.78 is 4.95. The second-order valence-corrected chi connectivity index (χ2v) is 5.34. The van der Waals surface area contributed by atoms with Crippen LogP contribution in [0.5, 0.6) is 0 Å². The number of amides is 1. The van der Waals surface area contributed by atoms with E-state index >= 15 is 0 Å². The second-order valence-electron chi connectivity index (χ2n) is 5.34. The maximum absolute atomic E-state index is 12.1. The highest BCUT2D eigenvalue weighted by Gasteiger charge is 2.22. The molecule has 6 heteroatoms. The molecule has 6 nitrogen and oxygen atoms in total. The molecule has 1 atom stereocenters. The summed E-state index contributed by atoms with van der Waals surface area (Å²) >= 11 is 0. The molecule has 0 radical (unpaired) electrons. The van der Waals surface area contributed by atoms with Gasteiger partial charge in [0.05, 0.1) is 6.54 Å². The van der Waals surface area contributed by atoms with Crippen LogP contribution in [0.1, 0.15) is 31.9 Å². The molecular weight excluding hydrogens is 256 g/mol. The van der Waals surface area contributed by atoms with Crippen LogP contribution in [0, 0.1) is 6.92 Å². The van der Waals surface area contributed by atoms with E-state index < -0.39 is 0 Å². The van der Waals surface area contributed by atoms with Crippen LogP contribution in [-0.4, -0.2) is 48.2 Å². The summed E-state index contributed by atoms with van der Waals surface area (Å²) in [5.41, 5.74) is 0.